The fraction of sp³-hybridized carbons (Fsp3) is 0.529. The van der Waals surface area contributed by atoms with Gasteiger partial charge >= 0.3 is 0 Å². The highest BCUT2D eigenvalue weighted by Gasteiger charge is 2.31. The van der Waals surface area contributed by atoms with Crippen molar-refractivity contribution in [2.45, 2.75) is 50.1 Å². The summed E-state index contributed by atoms with van der Waals surface area (Å²) in [5.41, 5.74) is 1.01. The Kier molecular flexibility index (Phi) is 5.18. The number of hydrogen-bond donors (Lipinski definition) is 1. The molecular weight excluding hydrogens is 322 g/mol. The van der Waals surface area contributed by atoms with Crippen LogP contribution in [0.25, 0.3) is 11.4 Å². The largest absolute Gasteiger partial charge is 0.355 e. The highest BCUT2D eigenvalue weighted by atomic mass is 32.2. The van der Waals surface area contributed by atoms with Crippen LogP contribution in [0.3, 0.4) is 0 Å². The lowest BCUT2D eigenvalue weighted by Gasteiger charge is -2.14. The molecule has 2 aromatic rings. The molecule has 1 fully saturated rings. The zero-order chi connectivity index (χ0) is 17.1. The monoisotopic (exact) mass is 345 g/mol. The summed E-state index contributed by atoms with van der Waals surface area (Å²) in [7, 11) is 0. The number of pyridine rings is 1. The highest BCUT2D eigenvalue weighted by Crippen LogP contribution is 2.41. The summed E-state index contributed by atoms with van der Waals surface area (Å²) in [6.45, 7) is 6.78. The predicted octanol–water partition coefficient (Wildman–Crippen LogP) is 2.93. The van der Waals surface area contributed by atoms with Gasteiger partial charge in [-0.2, -0.15) is 0 Å². The fourth-order valence-electron chi connectivity index (χ4n) is 2.38. The van der Waals surface area contributed by atoms with Crippen LogP contribution in [-0.4, -0.2) is 37.5 Å². The summed E-state index contributed by atoms with van der Waals surface area (Å²) in [5, 5.41) is 12.3. The number of nitrogens with one attached hydrogen (secondary N) is 1. The molecule has 0 aromatic carbocycles. The molecule has 1 aliphatic carbocycles. The molecule has 1 amide bonds. The van der Waals surface area contributed by atoms with Crippen molar-refractivity contribution in [3.8, 4) is 11.4 Å². The van der Waals surface area contributed by atoms with Gasteiger partial charge < -0.3 is 5.32 Å². The second-order valence-corrected chi connectivity index (χ2v) is 7.85. The summed E-state index contributed by atoms with van der Waals surface area (Å²) in [6.07, 6.45) is 5.79. The first-order chi connectivity index (χ1) is 11.6. The summed E-state index contributed by atoms with van der Waals surface area (Å²) in [4.78, 5) is 16.3. The van der Waals surface area contributed by atoms with Crippen LogP contribution in [0.5, 0.6) is 0 Å². The summed E-state index contributed by atoms with van der Waals surface area (Å²) in [6, 6.07) is 4.32. The Labute approximate surface area is 146 Å². The molecule has 2 heterocycles. The van der Waals surface area contributed by atoms with E-state index in [0.29, 0.717) is 18.5 Å². The molecule has 1 N–H and O–H groups in total. The van der Waals surface area contributed by atoms with E-state index in [1.165, 1.54) is 11.8 Å². The Balaban J connectivity index is 1.77. The normalized spacial score (nSPS) is 15.5. The van der Waals surface area contributed by atoms with E-state index >= 15 is 0 Å². The molecule has 0 aliphatic heterocycles. The zero-order valence-corrected chi connectivity index (χ0v) is 15.1. The molecule has 24 heavy (non-hydrogen) atoms. The molecule has 0 unspecified atom stereocenters. The number of hydrogen-bond acceptors (Lipinski definition) is 5. The van der Waals surface area contributed by atoms with Crippen LogP contribution in [0.15, 0.2) is 29.7 Å². The highest BCUT2D eigenvalue weighted by molar-refractivity contribution is 8.00. The Morgan fingerprint density at radius 1 is 1.29 bits per heavy atom. The molecule has 1 aliphatic rings. The van der Waals surface area contributed by atoms with E-state index in [-0.39, 0.29) is 11.2 Å². The zero-order valence-electron chi connectivity index (χ0n) is 14.3. The molecule has 7 heteroatoms. The number of carbonyl (C=O) groups is 1. The average molecular weight is 345 g/mol. The average Bonchev–Trinajstić information content (AvgIpc) is 3.34. The van der Waals surface area contributed by atoms with Gasteiger partial charge in [-0.05, 0) is 37.8 Å². The molecule has 0 bridgehead atoms. The minimum Gasteiger partial charge on any atom is -0.355 e. The number of rotatable bonds is 7. The van der Waals surface area contributed by atoms with Gasteiger partial charge in [-0.25, -0.2) is 0 Å². The SMILES string of the molecule is CC(C)CNC(=O)[C@@H](C)Sc1nnc(-c2ccncc2)n1C1CC1. The van der Waals surface area contributed by atoms with Crippen LogP contribution in [-0.2, 0) is 4.79 Å². The molecule has 0 spiro atoms. The van der Waals surface area contributed by atoms with E-state index in [9.17, 15) is 4.79 Å². The molecule has 2 aromatic heterocycles. The number of thioether (sulfide) groups is 1. The number of aromatic nitrogens is 4. The maximum Gasteiger partial charge on any atom is 0.233 e. The molecule has 0 radical (unpaired) electrons. The van der Waals surface area contributed by atoms with Crippen LogP contribution < -0.4 is 5.32 Å². The first-order valence-corrected chi connectivity index (χ1v) is 9.24. The van der Waals surface area contributed by atoms with Crippen LogP contribution >= 0.6 is 11.8 Å². The molecular formula is C17H23N5OS. The van der Waals surface area contributed by atoms with E-state index in [1.807, 2.05) is 19.1 Å². The second kappa shape index (κ2) is 7.34. The number of carbonyl (C=O) groups excluding carboxylic acids is 1. The van der Waals surface area contributed by atoms with Crippen LogP contribution in [0.1, 0.15) is 39.7 Å². The topological polar surface area (TPSA) is 72.7 Å². The van der Waals surface area contributed by atoms with E-state index in [2.05, 4.69) is 38.9 Å². The fourth-order valence-corrected chi connectivity index (χ4v) is 3.32. The molecule has 1 saturated carbocycles. The molecule has 128 valence electrons. The van der Waals surface area contributed by atoms with Gasteiger partial charge in [0.05, 0.1) is 5.25 Å². The van der Waals surface area contributed by atoms with Crippen molar-refractivity contribution in [1.82, 2.24) is 25.1 Å². The summed E-state index contributed by atoms with van der Waals surface area (Å²) >= 11 is 1.48. The van der Waals surface area contributed by atoms with E-state index in [1.54, 1.807) is 12.4 Å². The van der Waals surface area contributed by atoms with Gasteiger partial charge in [-0.1, -0.05) is 25.6 Å². The van der Waals surface area contributed by atoms with Crippen LogP contribution in [0, 0.1) is 5.92 Å². The van der Waals surface area contributed by atoms with Crippen molar-refractivity contribution in [2.24, 2.45) is 5.92 Å². The van der Waals surface area contributed by atoms with Gasteiger partial charge in [-0.3, -0.25) is 14.3 Å². The smallest absolute Gasteiger partial charge is 0.233 e. The second-order valence-electron chi connectivity index (χ2n) is 6.54. The van der Waals surface area contributed by atoms with Crippen molar-refractivity contribution in [3.05, 3.63) is 24.5 Å². The third-order valence-electron chi connectivity index (χ3n) is 3.85. The van der Waals surface area contributed by atoms with Crippen molar-refractivity contribution in [1.29, 1.82) is 0 Å². The van der Waals surface area contributed by atoms with Crippen molar-refractivity contribution < 1.29 is 4.79 Å². The van der Waals surface area contributed by atoms with Crippen molar-refractivity contribution in [2.75, 3.05) is 6.54 Å². The van der Waals surface area contributed by atoms with Crippen LogP contribution in [0.2, 0.25) is 0 Å². The third kappa shape index (κ3) is 3.95. The van der Waals surface area contributed by atoms with Gasteiger partial charge in [-0.15, -0.1) is 10.2 Å². The minimum absolute atomic E-state index is 0.0458. The Hall–Kier alpha value is -1.89. The van der Waals surface area contributed by atoms with Gasteiger partial charge in [0, 0.05) is 30.5 Å². The van der Waals surface area contributed by atoms with E-state index < -0.39 is 0 Å². The quantitative estimate of drug-likeness (QED) is 0.781. The van der Waals surface area contributed by atoms with Crippen molar-refractivity contribution in [3.63, 3.8) is 0 Å². The summed E-state index contributed by atoms with van der Waals surface area (Å²) in [5.74, 6) is 1.35. The number of amides is 1. The predicted molar refractivity (Wildman–Crippen MR) is 94.7 cm³/mol. The summed E-state index contributed by atoms with van der Waals surface area (Å²) < 4.78 is 2.17. The van der Waals surface area contributed by atoms with Gasteiger partial charge in [0.1, 0.15) is 0 Å². The lowest BCUT2D eigenvalue weighted by Crippen LogP contribution is -2.33. The lowest BCUT2D eigenvalue weighted by molar-refractivity contribution is -0.120. The van der Waals surface area contributed by atoms with Gasteiger partial charge in [0.25, 0.3) is 0 Å². The third-order valence-corrected chi connectivity index (χ3v) is 4.91. The van der Waals surface area contributed by atoms with Gasteiger partial charge in [0.2, 0.25) is 5.91 Å². The maximum absolute atomic E-state index is 12.2. The minimum atomic E-state index is -0.198. The number of nitrogens with zero attached hydrogens (tertiary/aromatic N) is 4. The lowest BCUT2D eigenvalue weighted by atomic mass is 10.2. The first-order valence-electron chi connectivity index (χ1n) is 8.36. The maximum atomic E-state index is 12.2. The van der Waals surface area contributed by atoms with Crippen molar-refractivity contribution >= 4 is 17.7 Å². The Morgan fingerprint density at radius 3 is 2.62 bits per heavy atom. The molecule has 0 saturated heterocycles. The van der Waals surface area contributed by atoms with E-state index in [4.69, 9.17) is 0 Å². The van der Waals surface area contributed by atoms with E-state index in [0.717, 1.165) is 29.4 Å². The Morgan fingerprint density at radius 2 is 2.00 bits per heavy atom. The van der Waals surface area contributed by atoms with Gasteiger partial charge in [0.15, 0.2) is 11.0 Å². The molecule has 3 rings (SSSR count). The van der Waals surface area contributed by atoms with Crippen LogP contribution in [0.4, 0.5) is 0 Å². The standard InChI is InChI=1S/C17H23N5OS/c1-11(2)10-19-16(23)12(3)24-17-21-20-15(22(17)14-4-5-14)13-6-8-18-9-7-13/h6-9,11-12,14H,4-5,10H2,1-3H3,(H,19,23)/t12-/m1/s1. The Bertz CT molecular complexity index is 696. The first kappa shape index (κ1) is 17.0. The molecule has 6 nitrogen and oxygen atoms in total. The molecule has 1 atom stereocenters.